The molecule has 0 bridgehead atoms. The highest BCUT2D eigenvalue weighted by Crippen LogP contribution is 2.28. The molecule has 0 unspecified atom stereocenters. The fraction of sp³-hybridized carbons (Fsp3) is 0.750. The molecule has 0 spiro atoms. The fourth-order valence-corrected chi connectivity index (χ4v) is 3.71. The summed E-state index contributed by atoms with van der Waals surface area (Å²) in [6.07, 6.45) is 7.31. The van der Waals surface area contributed by atoms with E-state index in [-0.39, 0.29) is 18.4 Å². The van der Waals surface area contributed by atoms with Crippen molar-refractivity contribution < 1.29 is 19.1 Å². The highest BCUT2D eigenvalue weighted by Gasteiger charge is 2.34. The lowest BCUT2D eigenvalue weighted by molar-refractivity contribution is -0.128. The summed E-state index contributed by atoms with van der Waals surface area (Å²) in [5, 5.41) is 10.4. The SMILES string of the molecule is CCn1ncc(C(=O)NCC2(NC(=O)COCCCOC)CCCCC2)c1C. The molecule has 28 heavy (non-hydrogen) atoms. The minimum Gasteiger partial charge on any atom is -0.385 e. The van der Waals surface area contributed by atoms with Crippen LogP contribution in [0, 0.1) is 6.92 Å². The van der Waals surface area contributed by atoms with E-state index in [1.807, 2.05) is 13.8 Å². The number of methoxy groups -OCH3 is 1. The topological polar surface area (TPSA) is 94.5 Å². The number of nitrogens with zero attached hydrogens (tertiary/aromatic N) is 2. The zero-order chi connectivity index (χ0) is 20.4. The Balaban J connectivity index is 1.90. The van der Waals surface area contributed by atoms with E-state index in [1.54, 1.807) is 18.0 Å². The number of ether oxygens (including phenoxy) is 2. The molecule has 1 aromatic heterocycles. The zero-order valence-electron chi connectivity index (χ0n) is 17.4. The predicted octanol–water partition coefficient (Wildman–Crippen LogP) is 1.81. The Hall–Kier alpha value is -1.93. The second kappa shape index (κ2) is 11.2. The largest absolute Gasteiger partial charge is 0.385 e. The van der Waals surface area contributed by atoms with Gasteiger partial charge in [-0.1, -0.05) is 19.3 Å². The molecule has 0 radical (unpaired) electrons. The van der Waals surface area contributed by atoms with Gasteiger partial charge < -0.3 is 20.1 Å². The molecule has 2 amide bonds. The highest BCUT2D eigenvalue weighted by atomic mass is 16.5. The molecule has 2 rings (SSSR count). The number of amides is 2. The normalized spacial score (nSPS) is 16.0. The van der Waals surface area contributed by atoms with Gasteiger partial charge in [0.1, 0.15) is 6.61 Å². The van der Waals surface area contributed by atoms with Crippen molar-refractivity contribution in [3.05, 3.63) is 17.5 Å². The summed E-state index contributed by atoms with van der Waals surface area (Å²) in [4.78, 5) is 25.0. The van der Waals surface area contributed by atoms with Gasteiger partial charge in [-0.25, -0.2) is 0 Å². The van der Waals surface area contributed by atoms with Crippen LogP contribution in [0.1, 0.15) is 61.5 Å². The summed E-state index contributed by atoms with van der Waals surface area (Å²) in [5.41, 5.74) is 1.03. The summed E-state index contributed by atoms with van der Waals surface area (Å²) >= 11 is 0. The van der Waals surface area contributed by atoms with Crippen LogP contribution in [-0.4, -0.2) is 60.6 Å². The average Bonchev–Trinajstić information content (AvgIpc) is 3.07. The molecule has 8 nitrogen and oxygen atoms in total. The second-order valence-corrected chi connectivity index (χ2v) is 7.43. The summed E-state index contributed by atoms with van der Waals surface area (Å²) in [5.74, 6) is -0.282. The molecule has 158 valence electrons. The molecule has 0 aliphatic heterocycles. The average molecular weight is 395 g/mol. The first kappa shape index (κ1) is 22.4. The molecular weight excluding hydrogens is 360 g/mol. The van der Waals surface area contributed by atoms with E-state index in [2.05, 4.69) is 15.7 Å². The Morgan fingerprint density at radius 1 is 1.25 bits per heavy atom. The van der Waals surface area contributed by atoms with Gasteiger partial charge in [-0.15, -0.1) is 0 Å². The van der Waals surface area contributed by atoms with Crippen LogP contribution in [0.5, 0.6) is 0 Å². The van der Waals surface area contributed by atoms with Crippen LogP contribution in [0.15, 0.2) is 6.20 Å². The second-order valence-electron chi connectivity index (χ2n) is 7.43. The van der Waals surface area contributed by atoms with Crippen molar-refractivity contribution in [3.8, 4) is 0 Å². The van der Waals surface area contributed by atoms with Crippen molar-refractivity contribution in [1.82, 2.24) is 20.4 Å². The molecule has 0 atom stereocenters. The van der Waals surface area contributed by atoms with Gasteiger partial charge in [0, 0.05) is 39.1 Å². The van der Waals surface area contributed by atoms with Crippen LogP contribution >= 0.6 is 0 Å². The van der Waals surface area contributed by atoms with E-state index < -0.39 is 5.54 Å². The van der Waals surface area contributed by atoms with Gasteiger partial charge in [0.15, 0.2) is 0 Å². The van der Waals surface area contributed by atoms with E-state index >= 15 is 0 Å². The van der Waals surface area contributed by atoms with Crippen molar-refractivity contribution in [2.24, 2.45) is 0 Å². The molecule has 0 aromatic carbocycles. The molecule has 1 heterocycles. The summed E-state index contributed by atoms with van der Waals surface area (Å²) < 4.78 is 12.2. The van der Waals surface area contributed by atoms with Gasteiger partial charge in [0.05, 0.1) is 17.3 Å². The Morgan fingerprint density at radius 3 is 2.64 bits per heavy atom. The van der Waals surface area contributed by atoms with Crippen molar-refractivity contribution in [2.75, 3.05) is 33.5 Å². The van der Waals surface area contributed by atoms with Crippen molar-refractivity contribution in [2.45, 2.75) is 64.5 Å². The molecule has 0 saturated heterocycles. The standard InChI is InChI=1S/C20H34N4O4/c1-4-24-16(2)17(13-22-24)19(26)21-15-20(9-6-5-7-10-20)23-18(25)14-28-12-8-11-27-3/h13H,4-12,14-15H2,1-3H3,(H,21,26)(H,23,25). The quantitative estimate of drug-likeness (QED) is 0.558. The van der Waals surface area contributed by atoms with E-state index in [9.17, 15) is 9.59 Å². The number of carbonyl (C=O) groups excluding carboxylic acids is 2. The van der Waals surface area contributed by atoms with Crippen molar-refractivity contribution in [1.29, 1.82) is 0 Å². The first-order valence-corrected chi connectivity index (χ1v) is 10.2. The van der Waals surface area contributed by atoms with Crippen LogP contribution in [-0.2, 0) is 20.8 Å². The number of hydrogen-bond donors (Lipinski definition) is 2. The molecule has 1 aliphatic rings. The summed E-state index contributed by atoms with van der Waals surface area (Å²) in [6.45, 7) is 6.16. The number of carbonyl (C=O) groups is 2. The van der Waals surface area contributed by atoms with Crippen molar-refractivity contribution >= 4 is 11.8 Å². The van der Waals surface area contributed by atoms with E-state index in [0.29, 0.717) is 25.3 Å². The summed E-state index contributed by atoms with van der Waals surface area (Å²) in [6, 6.07) is 0. The number of aryl methyl sites for hydroxylation is 1. The third-order valence-corrected chi connectivity index (χ3v) is 5.32. The number of hydrogen-bond acceptors (Lipinski definition) is 5. The minimum absolute atomic E-state index is 0.0296. The van der Waals surface area contributed by atoms with Crippen LogP contribution in [0.4, 0.5) is 0 Å². The number of aromatic nitrogens is 2. The molecule has 1 saturated carbocycles. The maximum atomic E-state index is 12.6. The molecule has 8 heteroatoms. The number of rotatable bonds is 11. The van der Waals surface area contributed by atoms with Crippen LogP contribution < -0.4 is 10.6 Å². The van der Waals surface area contributed by atoms with Crippen molar-refractivity contribution in [3.63, 3.8) is 0 Å². The lowest BCUT2D eigenvalue weighted by atomic mass is 9.81. The first-order valence-electron chi connectivity index (χ1n) is 10.2. The van der Waals surface area contributed by atoms with Crippen LogP contribution in [0.2, 0.25) is 0 Å². The maximum Gasteiger partial charge on any atom is 0.254 e. The van der Waals surface area contributed by atoms with E-state index in [1.165, 1.54) is 0 Å². The van der Waals surface area contributed by atoms with Gasteiger partial charge >= 0.3 is 0 Å². The van der Waals surface area contributed by atoms with Gasteiger partial charge in [0.2, 0.25) is 5.91 Å². The minimum atomic E-state index is -0.407. The van der Waals surface area contributed by atoms with Gasteiger partial charge in [-0.05, 0) is 33.1 Å². The van der Waals surface area contributed by atoms with Crippen LogP contribution in [0.25, 0.3) is 0 Å². The van der Waals surface area contributed by atoms with Crippen LogP contribution in [0.3, 0.4) is 0 Å². The monoisotopic (exact) mass is 394 g/mol. The zero-order valence-corrected chi connectivity index (χ0v) is 17.4. The lowest BCUT2D eigenvalue weighted by Gasteiger charge is -2.38. The predicted molar refractivity (Wildman–Crippen MR) is 106 cm³/mol. The Morgan fingerprint density at radius 2 is 2.00 bits per heavy atom. The Bertz CT molecular complexity index is 638. The van der Waals surface area contributed by atoms with E-state index in [0.717, 1.165) is 50.8 Å². The number of nitrogens with one attached hydrogen (secondary N) is 2. The summed E-state index contributed by atoms with van der Waals surface area (Å²) in [7, 11) is 1.64. The Kier molecular flexibility index (Phi) is 8.92. The molecule has 2 N–H and O–H groups in total. The smallest absolute Gasteiger partial charge is 0.254 e. The molecular formula is C20H34N4O4. The third kappa shape index (κ3) is 6.31. The molecule has 1 aliphatic carbocycles. The highest BCUT2D eigenvalue weighted by molar-refractivity contribution is 5.95. The van der Waals surface area contributed by atoms with Gasteiger partial charge in [-0.2, -0.15) is 5.10 Å². The van der Waals surface area contributed by atoms with Gasteiger partial charge in [0.25, 0.3) is 5.91 Å². The lowest BCUT2D eigenvalue weighted by Crippen LogP contribution is -2.57. The molecule has 1 fully saturated rings. The first-order chi connectivity index (χ1) is 13.5. The molecule has 1 aromatic rings. The van der Waals surface area contributed by atoms with Gasteiger partial charge in [-0.3, -0.25) is 14.3 Å². The maximum absolute atomic E-state index is 12.6. The van der Waals surface area contributed by atoms with E-state index in [4.69, 9.17) is 9.47 Å². The fourth-order valence-electron chi connectivity index (χ4n) is 3.71. The Labute approximate surface area is 167 Å². The third-order valence-electron chi connectivity index (χ3n) is 5.32.